The molecular formula is C15H21NO3. The molecule has 0 saturated carbocycles. The first-order valence-electron chi connectivity index (χ1n) is 6.35. The van der Waals surface area contributed by atoms with Crippen LogP contribution in [0.4, 0.5) is 0 Å². The van der Waals surface area contributed by atoms with Crippen LogP contribution < -0.4 is 5.32 Å². The van der Waals surface area contributed by atoms with Crippen molar-refractivity contribution in [1.29, 1.82) is 0 Å². The number of carboxylic acid groups (broad SMARTS) is 1. The lowest BCUT2D eigenvalue weighted by Gasteiger charge is -2.19. The number of benzene rings is 1. The van der Waals surface area contributed by atoms with Gasteiger partial charge in [0.2, 0.25) is 0 Å². The molecular weight excluding hydrogens is 242 g/mol. The molecule has 0 radical (unpaired) electrons. The quantitative estimate of drug-likeness (QED) is 0.877. The summed E-state index contributed by atoms with van der Waals surface area (Å²) in [6.07, 6.45) is 0. The largest absolute Gasteiger partial charge is 0.480 e. The predicted octanol–water partition coefficient (Wildman–Crippen LogP) is 2.45. The first kappa shape index (κ1) is 15.2. The van der Waals surface area contributed by atoms with Crippen LogP contribution in [0.5, 0.6) is 0 Å². The highest BCUT2D eigenvalue weighted by atomic mass is 16.4. The summed E-state index contributed by atoms with van der Waals surface area (Å²) in [5, 5.41) is 11.7. The van der Waals surface area contributed by atoms with E-state index in [2.05, 4.69) is 5.32 Å². The van der Waals surface area contributed by atoms with Crippen LogP contribution in [0.25, 0.3) is 0 Å². The van der Waals surface area contributed by atoms with Crippen LogP contribution in [0.3, 0.4) is 0 Å². The van der Waals surface area contributed by atoms with Gasteiger partial charge in [0, 0.05) is 5.56 Å². The van der Waals surface area contributed by atoms with E-state index in [-0.39, 0.29) is 11.8 Å². The molecule has 2 N–H and O–H groups in total. The summed E-state index contributed by atoms with van der Waals surface area (Å²) in [7, 11) is 0. The third-order valence-corrected chi connectivity index (χ3v) is 3.12. The van der Waals surface area contributed by atoms with Crippen molar-refractivity contribution in [3.8, 4) is 0 Å². The molecule has 0 heterocycles. The molecule has 1 unspecified atom stereocenters. The van der Waals surface area contributed by atoms with Crippen LogP contribution in [0, 0.1) is 26.7 Å². The molecule has 1 rings (SSSR count). The second-order valence-electron chi connectivity index (χ2n) is 5.31. The fourth-order valence-corrected chi connectivity index (χ4v) is 2.27. The van der Waals surface area contributed by atoms with E-state index in [1.54, 1.807) is 13.8 Å². The van der Waals surface area contributed by atoms with Gasteiger partial charge < -0.3 is 10.4 Å². The molecule has 0 aliphatic heterocycles. The molecule has 0 spiro atoms. The average Bonchev–Trinajstić information content (AvgIpc) is 2.23. The maximum atomic E-state index is 12.2. The van der Waals surface area contributed by atoms with Crippen molar-refractivity contribution in [2.75, 3.05) is 0 Å². The van der Waals surface area contributed by atoms with E-state index < -0.39 is 12.0 Å². The predicted molar refractivity (Wildman–Crippen MR) is 74.4 cm³/mol. The molecule has 0 aliphatic rings. The van der Waals surface area contributed by atoms with Gasteiger partial charge in [0.05, 0.1) is 0 Å². The number of aliphatic carboxylic acids is 1. The Labute approximate surface area is 113 Å². The van der Waals surface area contributed by atoms with Crippen LogP contribution in [0.2, 0.25) is 0 Å². The summed E-state index contributed by atoms with van der Waals surface area (Å²) in [5.74, 6) is -1.49. The lowest BCUT2D eigenvalue weighted by molar-refractivity contribution is -0.140. The second kappa shape index (κ2) is 5.87. The lowest BCUT2D eigenvalue weighted by Crippen LogP contribution is -2.44. The number of nitrogens with one attached hydrogen (secondary N) is 1. The molecule has 1 aromatic rings. The highest BCUT2D eigenvalue weighted by Gasteiger charge is 2.25. The highest BCUT2D eigenvalue weighted by molar-refractivity contribution is 5.99. The maximum absolute atomic E-state index is 12.2. The molecule has 19 heavy (non-hydrogen) atoms. The molecule has 0 aromatic heterocycles. The Hall–Kier alpha value is -1.84. The van der Waals surface area contributed by atoms with Gasteiger partial charge in [0.1, 0.15) is 6.04 Å². The van der Waals surface area contributed by atoms with Gasteiger partial charge in [-0.15, -0.1) is 0 Å². The van der Waals surface area contributed by atoms with Crippen molar-refractivity contribution in [2.24, 2.45) is 5.92 Å². The van der Waals surface area contributed by atoms with Gasteiger partial charge in [0.25, 0.3) is 5.91 Å². The zero-order valence-electron chi connectivity index (χ0n) is 12.1. The van der Waals surface area contributed by atoms with Crippen LogP contribution >= 0.6 is 0 Å². The summed E-state index contributed by atoms with van der Waals surface area (Å²) < 4.78 is 0. The van der Waals surface area contributed by atoms with Gasteiger partial charge in [-0.25, -0.2) is 4.79 Å². The van der Waals surface area contributed by atoms with Crippen molar-refractivity contribution >= 4 is 11.9 Å². The number of rotatable bonds is 4. The van der Waals surface area contributed by atoms with Gasteiger partial charge in [0.15, 0.2) is 0 Å². The second-order valence-corrected chi connectivity index (χ2v) is 5.31. The van der Waals surface area contributed by atoms with Crippen molar-refractivity contribution in [2.45, 2.75) is 40.7 Å². The van der Waals surface area contributed by atoms with Crippen LogP contribution in [0.1, 0.15) is 40.9 Å². The molecule has 0 saturated heterocycles. The first-order valence-corrected chi connectivity index (χ1v) is 6.35. The minimum absolute atomic E-state index is 0.160. The molecule has 0 bridgehead atoms. The lowest BCUT2D eigenvalue weighted by atomic mass is 9.98. The molecule has 0 fully saturated rings. The fraction of sp³-hybridized carbons (Fsp3) is 0.467. The third-order valence-electron chi connectivity index (χ3n) is 3.12. The maximum Gasteiger partial charge on any atom is 0.326 e. The minimum atomic E-state index is -1.01. The topological polar surface area (TPSA) is 66.4 Å². The number of aryl methyl sites for hydroxylation is 3. The number of amides is 1. The molecule has 4 nitrogen and oxygen atoms in total. The normalized spacial score (nSPS) is 12.3. The summed E-state index contributed by atoms with van der Waals surface area (Å²) in [4.78, 5) is 23.4. The third kappa shape index (κ3) is 3.56. The molecule has 4 heteroatoms. The Kier molecular flexibility index (Phi) is 4.70. The number of hydrogen-bond acceptors (Lipinski definition) is 2. The number of hydrogen-bond donors (Lipinski definition) is 2. The number of carboxylic acids is 1. The standard InChI is InChI=1S/C15H21NO3/c1-8(2)13(15(18)19)16-14(17)12-10(4)6-9(3)7-11(12)5/h6-8,13H,1-5H3,(H,16,17)(H,18,19). The van der Waals surface area contributed by atoms with Crippen molar-refractivity contribution in [3.63, 3.8) is 0 Å². The van der Waals surface area contributed by atoms with Gasteiger partial charge in [-0.1, -0.05) is 31.5 Å². The average molecular weight is 263 g/mol. The Bertz CT molecular complexity index is 483. The smallest absolute Gasteiger partial charge is 0.326 e. The van der Waals surface area contributed by atoms with E-state index in [1.807, 2.05) is 32.9 Å². The zero-order valence-corrected chi connectivity index (χ0v) is 12.1. The fourth-order valence-electron chi connectivity index (χ4n) is 2.27. The van der Waals surface area contributed by atoms with E-state index >= 15 is 0 Å². The number of carbonyl (C=O) groups excluding carboxylic acids is 1. The number of carbonyl (C=O) groups is 2. The van der Waals surface area contributed by atoms with Crippen molar-refractivity contribution < 1.29 is 14.7 Å². The van der Waals surface area contributed by atoms with Gasteiger partial charge in [-0.3, -0.25) is 4.79 Å². The Morgan fingerprint density at radius 3 is 1.95 bits per heavy atom. The van der Waals surface area contributed by atoms with Crippen molar-refractivity contribution in [1.82, 2.24) is 5.32 Å². The van der Waals surface area contributed by atoms with E-state index in [0.29, 0.717) is 5.56 Å². The molecule has 1 aromatic carbocycles. The zero-order chi connectivity index (χ0) is 14.7. The van der Waals surface area contributed by atoms with Gasteiger partial charge in [-0.2, -0.15) is 0 Å². The van der Waals surface area contributed by atoms with Crippen LogP contribution in [-0.4, -0.2) is 23.0 Å². The van der Waals surface area contributed by atoms with Crippen LogP contribution in [0.15, 0.2) is 12.1 Å². The Morgan fingerprint density at radius 1 is 1.11 bits per heavy atom. The Morgan fingerprint density at radius 2 is 1.58 bits per heavy atom. The first-order chi connectivity index (χ1) is 8.73. The van der Waals surface area contributed by atoms with E-state index in [9.17, 15) is 9.59 Å². The van der Waals surface area contributed by atoms with Gasteiger partial charge in [-0.05, 0) is 37.8 Å². The monoisotopic (exact) mass is 263 g/mol. The SMILES string of the molecule is Cc1cc(C)c(C(=O)NC(C(=O)O)C(C)C)c(C)c1. The summed E-state index contributed by atoms with van der Waals surface area (Å²) in [6, 6.07) is 2.98. The van der Waals surface area contributed by atoms with E-state index in [1.165, 1.54) is 0 Å². The minimum Gasteiger partial charge on any atom is -0.480 e. The van der Waals surface area contributed by atoms with E-state index in [4.69, 9.17) is 5.11 Å². The summed E-state index contributed by atoms with van der Waals surface area (Å²) >= 11 is 0. The van der Waals surface area contributed by atoms with E-state index in [0.717, 1.165) is 16.7 Å². The molecule has 1 atom stereocenters. The van der Waals surface area contributed by atoms with Gasteiger partial charge >= 0.3 is 5.97 Å². The summed E-state index contributed by atoms with van der Waals surface area (Å²) in [5.41, 5.74) is 3.38. The molecule has 104 valence electrons. The molecule has 0 aliphatic carbocycles. The molecule has 1 amide bonds. The van der Waals surface area contributed by atoms with Crippen molar-refractivity contribution in [3.05, 3.63) is 34.4 Å². The van der Waals surface area contributed by atoms with Crippen LogP contribution in [-0.2, 0) is 4.79 Å². The Balaban J connectivity index is 3.05. The summed E-state index contributed by atoms with van der Waals surface area (Å²) in [6.45, 7) is 9.23. The highest BCUT2D eigenvalue weighted by Crippen LogP contribution is 2.17.